The highest BCUT2D eigenvalue weighted by atomic mass is 79.9. The number of halogens is 1. The second kappa shape index (κ2) is 7.70. The minimum Gasteiger partial charge on any atom is -0.507 e. The van der Waals surface area contributed by atoms with E-state index in [1.54, 1.807) is 24.3 Å². The van der Waals surface area contributed by atoms with E-state index in [1.165, 1.54) is 6.21 Å². The number of rotatable bonds is 4. The quantitative estimate of drug-likeness (QED) is 0.310. The van der Waals surface area contributed by atoms with Gasteiger partial charge < -0.3 is 10.1 Å². The van der Waals surface area contributed by atoms with E-state index in [2.05, 4.69) is 31.4 Å². The lowest BCUT2D eigenvalue weighted by atomic mass is 10.0. The van der Waals surface area contributed by atoms with Gasteiger partial charge in [-0.2, -0.15) is 5.10 Å². The summed E-state index contributed by atoms with van der Waals surface area (Å²) in [5.41, 5.74) is 6.08. The highest BCUT2D eigenvalue weighted by molar-refractivity contribution is 9.10. The number of hydrazone groups is 1. The fourth-order valence-electron chi connectivity index (χ4n) is 3.05. The molecule has 1 heterocycles. The molecule has 3 N–H and O–H groups in total. The Morgan fingerprint density at radius 3 is 2.57 bits per heavy atom. The predicted octanol–water partition coefficient (Wildman–Crippen LogP) is 5.07. The molecule has 0 bridgehead atoms. The van der Waals surface area contributed by atoms with Crippen LogP contribution in [0.25, 0.3) is 22.0 Å². The smallest absolute Gasteiger partial charge is 0.288 e. The number of H-pyrrole nitrogens is 1. The first kappa shape index (κ1) is 18.0. The molecule has 0 aliphatic heterocycles. The number of fused-ring (bicyclic) bond motifs is 1. The first-order valence-electron chi connectivity index (χ1n) is 8.61. The van der Waals surface area contributed by atoms with Crippen LogP contribution in [0, 0.1) is 0 Å². The Morgan fingerprint density at radius 1 is 1.04 bits per heavy atom. The van der Waals surface area contributed by atoms with E-state index in [0.717, 1.165) is 26.5 Å². The summed E-state index contributed by atoms with van der Waals surface area (Å²) in [5.74, 6) is -0.265. The third-order valence-electron chi connectivity index (χ3n) is 4.36. The molecule has 6 heteroatoms. The van der Waals surface area contributed by atoms with Gasteiger partial charge in [0.2, 0.25) is 0 Å². The van der Waals surface area contributed by atoms with Gasteiger partial charge in [-0.1, -0.05) is 58.4 Å². The fraction of sp³-hybridized carbons (Fsp3) is 0. The second-order valence-electron chi connectivity index (χ2n) is 6.19. The maximum absolute atomic E-state index is 12.8. The maximum Gasteiger partial charge on any atom is 0.288 e. The number of para-hydroxylation sites is 1. The number of nitrogens with zero attached hydrogens (tertiary/aromatic N) is 1. The van der Waals surface area contributed by atoms with Gasteiger partial charge in [0.05, 0.1) is 6.21 Å². The van der Waals surface area contributed by atoms with Crippen molar-refractivity contribution in [2.24, 2.45) is 5.10 Å². The average Bonchev–Trinajstić information content (AvgIpc) is 3.08. The zero-order valence-electron chi connectivity index (χ0n) is 14.7. The van der Waals surface area contributed by atoms with Crippen LogP contribution in [0.3, 0.4) is 0 Å². The minimum atomic E-state index is -0.363. The van der Waals surface area contributed by atoms with Crippen molar-refractivity contribution in [2.45, 2.75) is 0 Å². The van der Waals surface area contributed by atoms with Gasteiger partial charge in [-0.05, 0) is 35.9 Å². The maximum atomic E-state index is 12.8. The highest BCUT2D eigenvalue weighted by Crippen LogP contribution is 2.34. The number of aromatic hydroxyl groups is 1. The number of phenolic OH excluding ortho intramolecular Hbond substituents is 1. The summed E-state index contributed by atoms with van der Waals surface area (Å²) in [5, 5.41) is 14.7. The topological polar surface area (TPSA) is 77.5 Å². The van der Waals surface area contributed by atoms with Crippen LogP contribution in [0.5, 0.6) is 5.75 Å². The molecule has 0 spiro atoms. The number of aromatic nitrogens is 1. The number of benzene rings is 3. The first-order chi connectivity index (χ1) is 13.6. The molecule has 0 aliphatic rings. The van der Waals surface area contributed by atoms with Crippen molar-refractivity contribution in [2.75, 3.05) is 0 Å². The molecular formula is C22H16BrN3O2. The van der Waals surface area contributed by atoms with Crippen molar-refractivity contribution in [3.63, 3.8) is 0 Å². The van der Waals surface area contributed by atoms with E-state index in [9.17, 15) is 9.90 Å². The van der Waals surface area contributed by atoms with Crippen molar-refractivity contribution >= 4 is 39.0 Å². The van der Waals surface area contributed by atoms with Crippen molar-refractivity contribution < 1.29 is 9.90 Å². The second-order valence-corrected chi connectivity index (χ2v) is 7.10. The van der Waals surface area contributed by atoms with Gasteiger partial charge in [0, 0.05) is 26.5 Å². The lowest BCUT2D eigenvalue weighted by molar-refractivity contribution is 0.0951. The van der Waals surface area contributed by atoms with Gasteiger partial charge in [0.1, 0.15) is 11.4 Å². The van der Waals surface area contributed by atoms with Crippen LogP contribution in [0.15, 0.2) is 82.4 Å². The van der Waals surface area contributed by atoms with Crippen LogP contribution in [-0.2, 0) is 0 Å². The number of amides is 1. The summed E-state index contributed by atoms with van der Waals surface area (Å²) in [7, 11) is 0. The summed E-state index contributed by atoms with van der Waals surface area (Å²) in [4.78, 5) is 16.0. The van der Waals surface area contributed by atoms with Crippen molar-refractivity contribution in [3.8, 4) is 16.9 Å². The van der Waals surface area contributed by atoms with Crippen LogP contribution in [0.2, 0.25) is 0 Å². The lowest BCUT2D eigenvalue weighted by Gasteiger charge is -2.04. The predicted molar refractivity (Wildman–Crippen MR) is 115 cm³/mol. The van der Waals surface area contributed by atoms with E-state index in [0.29, 0.717) is 11.3 Å². The Balaban J connectivity index is 1.72. The number of nitrogens with one attached hydrogen (secondary N) is 2. The van der Waals surface area contributed by atoms with Gasteiger partial charge in [-0.3, -0.25) is 4.79 Å². The van der Waals surface area contributed by atoms with Gasteiger partial charge in [0.15, 0.2) is 0 Å². The molecule has 28 heavy (non-hydrogen) atoms. The van der Waals surface area contributed by atoms with Crippen LogP contribution < -0.4 is 5.43 Å². The largest absolute Gasteiger partial charge is 0.507 e. The van der Waals surface area contributed by atoms with E-state index in [-0.39, 0.29) is 11.7 Å². The fourth-order valence-corrected chi connectivity index (χ4v) is 3.41. The molecule has 0 saturated carbocycles. The number of carbonyl (C=O) groups excluding carboxylic acids is 1. The standard InChI is InChI=1S/C22H16BrN3O2/c23-16-10-11-18-17(12-16)20(14-6-2-1-3-7-14)21(25-18)22(28)26-24-13-15-8-4-5-9-19(15)27/h1-13,25,27H,(H,26,28)/b24-13+. The van der Waals surface area contributed by atoms with Gasteiger partial charge in [-0.25, -0.2) is 5.43 Å². The highest BCUT2D eigenvalue weighted by Gasteiger charge is 2.19. The molecule has 0 saturated heterocycles. The first-order valence-corrected chi connectivity index (χ1v) is 9.41. The zero-order chi connectivity index (χ0) is 19.5. The van der Waals surface area contributed by atoms with E-state index in [1.807, 2.05) is 48.5 Å². The summed E-state index contributed by atoms with van der Waals surface area (Å²) >= 11 is 3.50. The lowest BCUT2D eigenvalue weighted by Crippen LogP contribution is -2.18. The molecule has 0 aliphatic carbocycles. The molecule has 4 rings (SSSR count). The summed E-state index contributed by atoms with van der Waals surface area (Å²) in [6.07, 6.45) is 1.41. The van der Waals surface area contributed by atoms with E-state index < -0.39 is 0 Å². The van der Waals surface area contributed by atoms with Crippen molar-refractivity contribution in [3.05, 3.63) is 88.5 Å². The number of phenols is 1. The Labute approximate surface area is 169 Å². The molecular weight excluding hydrogens is 418 g/mol. The normalized spacial score (nSPS) is 11.2. The van der Waals surface area contributed by atoms with E-state index in [4.69, 9.17) is 0 Å². The van der Waals surface area contributed by atoms with E-state index >= 15 is 0 Å². The third-order valence-corrected chi connectivity index (χ3v) is 4.85. The van der Waals surface area contributed by atoms with Gasteiger partial charge in [0.25, 0.3) is 5.91 Å². The molecule has 0 radical (unpaired) electrons. The number of carbonyl (C=O) groups is 1. The number of hydrogen-bond donors (Lipinski definition) is 3. The van der Waals surface area contributed by atoms with Crippen LogP contribution >= 0.6 is 15.9 Å². The summed E-state index contributed by atoms with van der Waals surface area (Å²) in [6, 6.07) is 22.3. The Kier molecular flexibility index (Phi) is 4.95. The van der Waals surface area contributed by atoms with Crippen LogP contribution in [0.4, 0.5) is 0 Å². The zero-order valence-corrected chi connectivity index (χ0v) is 16.3. The molecule has 1 amide bonds. The minimum absolute atomic E-state index is 0.0981. The van der Waals surface area contributed by atoms with Crippen LogP contribution in [-0.4, -0.2) is 22.2 Å². The van der Waals surface area contributed by atoms with Crippen molar-refractivity contribution in [1.29, 1.82) is 0 Å². The Bertz CT molecular complexity index is 1180. The number of aromatic amines is 1. The van der Waals surface area contributed by atoms with Crippen molar-refractivity contribution in [1.82, 2.24) is 10.4 Å². The summed E-state index contributed by atoms with van der Waals surface area (Å²) < 4.78 is 0.931. The summed E-state index contributed by atoms with van der Waals surface area (Å²) in [6.45, 7) is 0. The molecule has 0 atom stereocenters. The molecule has 3 aromatic carbocycles. The van der Waals surface area contributed by atoms with Crippen LogP contribution in [0.1, 0.15) is 16.1 Å². The monoisotopic (exact) mass is 433 g/mol. The average molecular weight is 434 g/mol. The molecule has 5 nitrogen and oxygen atoms in total. The van der Waals surface area contributed by atoms with Gasteiger partial charge >= 0.3 is 0 Å². The molecule has 1 aromatic heterocycles. The Hall–Kier alpha value is -3.38. The molecule has 0 fully saturated rings. The molecule has 138 valence electrons. The Morgan fingerprint density at radius 2 is 1.79 bits per heavy atom. The number of hydrogen-bond acceptors (Lipinski definition) is 3. The SMILES string of the molecule is O=C(N/N=C/c1ccccc1O)c1[nH]c2ccc(Br)cc2c1-c1ccccc1. The molecule has 4 aromatic rings. The third kappa shape index (κ3) is 3.54. The van der Waals surface area contributed by atoms with Gasteiger partial charge in [-0.15, -0.1) is 0 Å². The molecule has 0 unspecified atom stereocenters.